The SMILES string of the molecule is CCc1ccc(CNC(=O)Cn2ccc3cc(S(=O)(=O)N4CCCC4)ccc32)cc1. The Morgan fingerprint density at radius 3 is 2.40 bits per heavy atom. The highest BCUT2D eigenvalue weighted by molar-refractivity contribution is 7.89. The van der Waals surface area contributed by atoms with Crippen LogP contribution in [0.5, 0.6) is 0 Å². The Labute approximate surface area is 177 Å². The third kappa shape index (κ3) is 4.27. The number of carbonyl (C=O) groups is 1. The van der Waals surface area contributed by atoms with E-state index in [0.717, 1.165) is 35.7 Å². The molecule has 0 aliphatic carbocycles. The molecule has 0 radical (unpaired) electrons. The van der Waals surface area contributed by atoms with Crippen LogP contribution in [0, 0.1) is 0 Å². The third-order valence-electron chi connectivity index (χ3n) is 5.68. The molecule has 1 N–H and O–H groups in total. The molecule has 1 amide bonds. The van der Waals surface area contributed by atoms with Crippen LogP contribution in [0.3, 0.4) is 0 Å². The van der Waals surface area contributed by atoms with Gasteiger partial charge in [0.2, 0.25) is 15.9 Å². The molecule has 0 unspecified atom stereocenters. The fourth-order valence-electron chi connectivity index (χ4n) is 3.86. The number of aromatic nitrogens is 1. The zero-order chi connectivity index (χ0) is 21.1. The van der Waals surface area contributed by atoms with Gasteiger partial charge in [0.15, 0.2) is 0 Å². The molecule has 0 spiro atoms. The van der Waals surface area contributed by atoms with Crippen LogP contribution in [0.25, 0.3) is 10.9 Å². The van der Waals surface area contributed by atoms with Crippen LogP contribution >= 0.6 is 0 Å². The number of hydrogen-bond donors (Lipinski definition) is 1. The monoisotopic (exact) mass is 425 g/mol. The molecule has 1 aromatic heterocycles. The van der Waals surface area contributed by atoms with E-state index in [1.165, 1.54) is 5.56 Å². The lowest BCUT2D eigenvalue weighted by atomic mass is 10.1. The van der Waals surface area contributed by atoms with Crippen molar-refractivity contribution in [2.24, 2.45) is 0 Å². The van der Waals surface area contributed by atoms with Crippen molar-refractivity contribution >= 4 is 26.8 Å². The number of aryl methyl sites for hydroxylation is 1. The highest BCUT2D eigenvalue weighted by Crippen LogP contribution is 2.25. The molecule has 1 aliphatic heterocycles. The normalized spacial score (nSPS) is 15.0. The molecule has 0 bridgehead atoms. The highest BCUT2D eigenvalue weighted by Gasteiger charge is 2.27. The molecular formula is C23H27N3O3S. The summed E-state index contributed by atoms with van der Waals surface area (Å²) in [6.45, 7) is 3.96. The van der Waals surface area contributed by atoms with Crippen LogP contribution in [0.2, 0.25) is 0 Å². The standard InChI is InChI=1S/C23H27N3O3S/c1-2-18-5-7-19(8-6-18)16-24-23(27)17-25-14-11-20-15-21(9-10-22(20)25)30(28,29)26-12-3-4-13-26/h5-11,14-15H,2-4,12-13,16-17H2,1H3,(H,24,27). The van der Waals surface area contributed by atoms with Crippen LogP contribution in [0.4, 0.5) is 0 Å². The summed E-state index contributed by atoms with van der Waals surface area (Å²) >= 11 is 0. The van der Waals surface area contributed by atoms with Gasteiger partial charge in [0.05, 0.1) is 4.90 Å². The lowest BCUT2D eigenvalue weighted by Gasteiger charge is -2.15. The van der Waals surface area contributed by atoms with Crippen molar-refractivity contribution in [3.63, 3.8) is 0 Å². The summed E-state index contributed by atoms with van der Waals surface area (Å²) in [6.07, 6.45) is 4.65. The molecule has 1 saturated heterocycles. The molecule has 0 saturated carbocycles. The maximum Gasteiger partial charge on any atom is 0.243 e. The minimum absolute atomic E-state index is 0.0826. The second-order valence-corrected chi connectivity index (χ2v) is 9.66. The van der Waals surface area contributed by atoms with Crippen molar-refractivity contribution in [2.45, 2.75) is 44.2 Å². The third-order valence-corrected chi connectivity index (χ3v) is 7.57. The molecule has 30 heavy (non-hydrogen) atoms. The van der Waals surface area contributed by atoms with E-state index >= 15 is 0 Å². The predicted octanol–water partition coefficient (Wildman–Crippen LogP) is 3.30. The van der Waals surface area contributed by atoms with Gasteiger partial charge in [-0.25, -0.2) is 8.42 Å². The lowest BCUT2D eigenvalue weighted by Crippen LogP contribution is -2.28. The van der Waals surface area contributed by atoms with Gasteiger partial charge in [-0.15, -0.1) is 0 Å². The minimum atomic E-state index is -3.44. The van der Waals surface area contributed by atoms with Gasteiger partial charge >= 0.3 is 0 Å². The van der Waals surface area contributed by atoms with Gasteiger partial charge in [0.1, 0.15) is 6.54 Å². The van der Waals surface area contributed by atoms with Crippen LogP contribution in [0.15, 0.2) is 59.6 Å². The Morgan fingerprint density at radius 2 is 1.70 bits per heavy atom. The highest BCUT2D eigenvalue weighted by atomic mass is 32.2. The molecular weight excluding hydrogens is 398 g/mol. The summed E-state index contributed by atoms with van der Waals surface area (Å²) in [6, 6.07) is 15.2. The Morgan fingerprint density at radius 1 is 1.00 bits per heavy atom. The van der Waals surface area contributed by atoms with Crippen molar-refractivity contribution in [2.75, 3.05) is 13.1 Å². The molecule has 4 rings (SSSR count). The smallest absolute Gasteiger partial charge is 0.243 e. The van der Waals surface area contributed by atoms with Gasteiger partial charge < -0.3 is 9.88 Å². The van der Waals surface area contributed by atoms with E-state index in [0.29, 0.717) is 24.5 Å². The number of nitrogens with zero attached hydrogens (tertiary/aromatic N) is 2. The van der Waals surface area contributed by atoms with Gasteiger partial charge in [-0.3, -0.25) is 4.79 Å². The fraction of sp³-hybridized carbons (Fsp3) is 0.348. The van der Waals surface area contributed by atoms with E-state index in [2.05, 4.69) is 24.4 Å². The fourth-order valence-corrected chi connectivity index (χ4v) is 5.41. The van der Waals surface area contributed by atoms with Gasteiger partial charge in [-0.2, -0.15) is 4.31 Å². The topological polar surface area (TPSA) is 71.4 Å². The molecule has 3 aromatic rings. The first-order valence-corrected chi connectivity index (χ1v) is 11.8. The molecule has 2 heterocycles. The molecule has 6 nitrogen and oxygen atoms in total. The van der Waals surface area contributed by atoms with Gasteiger partial charge in [0.25, 0.3) is 0 Å². The summed E-state index contributed by atoms with van der Waals surface area (Å²) in [4.78, 5) is 12.7. The first-order chi connectivity index (χ1) is 14.5. The number of nitrogens with one attached hydrogen (secondary N) is 1. The first-order valence-electron chi connectivity index (χ1n) is 10.4. The number of hydrogen-bond acceptors (Lipinski definition) is 3. The lowest BCUT2D eigenvalue weighted by molar-refractivity contribution is -0.121. The Kier molecular flexibility index (Phi) is 5.92. The van der Waals surface area contributed by atoms with Crippen molar-refractivity contribution in [1.29, 1.82) is 0 Å². The molecule has 158 valence electrons. The quantitative estimate of drug-likeness (QED) is 0.631. The number of benzene rings is 2. The maximum atomic E-state index is 12.8. The second-order valence-electron chi connectivity index (χ2n) is 7.72. The van der Waals surface area contributed by atoms with E-state index in [-0.39, 0.29) is 12.5 Å². The van der Waals surface area contributed by atoms with E-state index in [4.69, 9.17) is 0 Å². The number of carbonyl (C=O) groups excluding carboxylic acids is 1. The average Bonchev–Trinajstić information content (AvgIpc) is 3.43. The van der Waals surface area contributed by atoms with Crippen LogP contribution in [-0.2, 0) is 34.3 Å². The van der Waals surface area contributed by atoms with E-state index in [9.17, 15) is 13.2 Å². The number of fused-ring (bicyclic) bond motifs is 1. The van der Waals surface area contributed by atoms with Crippen molar-refractivity contribution < 1.29 is 13.2 Å². The van der Waals surface area contributed by atoms with Gasteiger partial charge in [0, 0.05) is 36.7 Å². The minimum Gasteiger partial charge on any atom is -0.350 e. The Bertz CT molecular complexity index is 1140. The zero-order valence-corrected chi connectivity index (χ0v) is 18.0. The predicted molar refractivity (Wildman–Crippen MR) is 118 cm³/mol. The van der Waals surface area contributed by atoms with E-state index < -0.39 is 10.0 Å². The summed E-state index contributed by atoms with van der Waals surface area (Å²) < 4.78 is 28.9. The largest absolute Gasteiger partial charge is 0.350 e. The van der Waals surface area contributed by atoms with E-state index in [1.807, 2.05) is 29.0 Å². The van der Waals surface area contributed by atoms with E-state index in [1.54, 1.807) is 22.5 Å². The summed E-state index contributed by atoms with van der Waals surface area (Å²) in [5.74, 6) is -0.0826. The van der Waals surface area contributed by atoms with Crippen LogP contribution < -0.4 is 5.32 Å². The molecule has 1 fully saturated rings. The molecule has 1 aliphatic rings. The van der Waals surface area contributed by atoms with Crippen molar-refractivity contribution in [3.05, 3.63) is 65.9 Å². The number of sulfonamides is 1. The average molecular weight is 426 g/mol. The summed E-state index contributed by atoms with van der Waals surface area (Å²) in [7, 11) is -3.44. The van der Waals surface area contributed by atoms with Gasteiger partial charge in [-0.05, 0) is 54.7 Å². The zero-order valence-electron chi connectivity index (χ0n) is 17.2. The maximum absolute atomic E-state index is 12.8. The molecule has 7 heteroatoms. The number of rotatable bonds is 7. The van der Waals surface area contributed by atoms with Crippen LogP contribution in [-0.4, -0.2) is 36.3 Å². The van der Waals surface area contributed by atoms with Gasteiger partial charge in [-0.1, -0.05) is 31.2 Å². The second kappa shape index (κ2) is 8.62. The Hall–Kier alpha value is -2.64. The number of amides is 1. The summed E-state index contributed by atoms with van der Waals surface area (Å²) in [5, 5.41) is 3.77. The first kappa shape index (κ1) is 20.6. The molecule has 2 aromatic carbocycles. The van der Waals surface area contributed by atoms with Crippen molar-refractivity contribution in [3.8, 4) is 0 Å². The van der Waals surface area contributed by atoms with Crippen LogP contribution in [0.1, 0.15) is 30.9 Å². The Balaban J connectivity index is 1.43. The molecule has 0 atom stereocenters. The summed E-state index contributed by atoms with van der Waals surface area (Å²) in [5.41, 5.74) is 3.18. The van der Waals surface area contributed by atoms with Crippen molar-refractivity contribution in [1.82, 2.24) is 14.2 Å².